The van der Waals surface area contributed by atoms with Gasteiger partial charge in [0.25, 0.3) is 5.91 Å². The molecule has 0 aliphatic heterocycles. The zero-order chi connectivity index (χ0) is 14.3. The molecule has 2 heterocycles. The zero-order valence-electron chi connectivity index (χ0n) is 11.0. The second-order valence-corrected chi connectivity index (χ2v) is 5.97. The van der Waals surface area contributed by atoms with E-state index < -0.39 is 0 Å². The maximum Gasteiger partial charge on any atom is 0.265 e. The Morgan fingerprint density at radius 1 is 1.35 bits per heavy atom. The van der Waals surface area contributed by atoms with Crippen molar-refractivity contribution in [3.05, 3.63) is 45.9 Å². The monoisotopic (exact) mass is 305 g/mol. The molecule has 4 nitrogen and oxygen atoms in total. The first kappa shape index (κ1) is 13.1. The molecule has 1 amide bonds. The van der Waals surface area contributed by atoms with Crippen molar-refractivity contribution in [2.75, 3.05) is 5.32 Å². The van der Waals surface area contributed by atoms with E-state index in [1.54, 1.807) is 28.9 Å². The van der Waals surface area contributed by atoms with Gasteiger partial charge in [0.1, 0.15) is 4.83 Å². The molecule has 0 saturated carbocycles. The number of aryl methyl sites for hydroxylation is 2. The number of carbonyl (C=O) groups is 1. The van der Waals surface area contributed by atoms with Crippen LogP contribution in [0.4, 0.5) is 5.69 Å². The van der Waals surface area contributed by atoms with Crippen LogP contribution in [0, 0.1) is 6.92 Å². The lowest BCUT2D eigenvalue weighted by Gasteiger charge is -2.03. The van der Waals surface area contributed by atoms with Crippen LogP contribution in [0.2, 0.25) is 5.02 Å². The minimum Gasteiger partial charge on any atom is -0.321 e. The number of aromatic nitrogens is 2. The summed E-state index contributed by atoms with van der Waals surface area (Å²) >= 11 is 7.26. The SMILES string of the molecule is Cc1nn(C)c2sc(C(=O)Nc3ccc(Cl)cc3)cc12. The lowest BCUT2D eigenvalue weighted by Crippen LogP contribution is -2.09. The van der Waals surface area contributed by atoms with Gasteiger partial charge in [-0.2, -0.15) is 5.10 Å². The number of thiophene rings is 1. The Hall–Kier alpha value is -1.85. The van der Waals surface area contributed by atoms with Crippen LogP contribution >= 0.6 is 22.9 Å². The van der Waals surface area contributed by atoms with Crippen molar-refractivity contribution in [1.29, 1.82) is 0 Å². The molecule has 0 saturated heterocycles. The van der Waals surface area contributed by atoms with Crippen LogP contribution in [0.1, 0.15) is 15.4 Å². The molecular weight excluding hydrogens is 294 g/mol. The van der Waals surface area contributed by atoms with E-state index in [1.807, 2.05) is 20.0 Å². The number of anilines is 1. The summed E-state index contributed by atoms with van der Waals surface area (Å²) in [4.78, 5) is 13.9. The topological polar surface area (TPSA) is 46.9 Å². The van der Waals surface area contributed by atoms with E-state index in [2.05, 4.69) is 10.4 Å². The number of fused-ring (bicyclic) bond motifs is 1. The molecule has 3 rings (SSSR count). The fourth-order valence-electron chi connectivity index (χ4n) is 2.04. The molecule has 2 aromatic heterocycles. The number of rotatable bonds is 2. The molecule has 20 heavy (non-hydrogen) atoms. The van der Waals surface area contributed by atoms with Crippen LogP contribution in [0.3, 0.4) is 0 Å². The largest absolute Gasteiger partial charge is 0.321 e. The first-order chi connectivity index (χ1) is 9.54. The smallest absolute Gasteiger partial charge is 0.265 e. The molecule has 1 N–H and O–H groups in total. The van der Waals surface area contributed by atoms with E-state index >= 15 is 0 Å². The van der Waals surface area contributed by atoms with Gasteiger partial charge in [-0.05, 0) is 37.3 Å². The summed E-state index contributed by atoms with van der Waals surface area (Å²) in [5, 5.41) is 8.85. The Morgan fingerprint density at radius 3 is 2.70 bits per heavy atom. The first-order valence-electron chi connectivity index (χ1n) is 6.04. The Balaban J connectivity index is 1.88. The van der Waals surface area contributed by atoms with Crippen LogP contribution < -0.4 is 5.32 Å². The van der Waals surface area contributed by atoms with Gasteiger partial charge in [0, 0.05) is 23.1 Å². The highest BCUT2D eigenvalue weighted by atomic mass is 35.5. The average Bonchev–Trinajstić information content (AvgIpc) is 2.95. The Bertz CT molecular complexity index is 754. The van der Waals surface area contributed by atoms with Crippen LogP contribution in [0.5, 0.6) is 0 Å². The summed E-state index contributed by atoms with van der Waals surface area (Å²) in [6.45, 7) is 1.94. The average molecular weight is 306 g/mol. The van der Waals surface area contributed by atoms with Crippen LogP contribution in [-0.2, 0) is 7.05 Å². The summed E-state index contributed by atoms with van der Waals surface area (Å²) in [5.41, 5.74) is 1.66. The van der Waals surface area contributed by atoms with Gasteiger partial charge in [-0.15, -0.1) is 11.3 Å². The number of halogens is 1. The van der Waals surface area contributed by atoms with Gasteiger partial charge in [0.05, 0.1) is 10.6 Å². The van der Waals surface area contributed by atoms with Gasteiger partial charge in [-0.1, -0.05) is 11.6 Å². The molecule has 0 aliphatic carbocycles. The number of nitrogens with one attached hydrogen (secondary N) is 1. The highest BCUT2D eigenvalue weighted by Gasteiger charge is 2.15. The summed E-state index contributed by atoms with van der Waals surface area (Å²) in [6, 6.07) is 8.93. The summed E-state index contributed by atoms with van der Waals surface area (Å²) in [6.07, 6.45) is 0. The fourth-order valence-corrected chi connectivity index (χ4v) is 3.19. The molecule has 0 bridgehead atoms. The highest BCUT2D eigenvalue weighted by Crippen LogP contribution is 2.28. The zero-order valence-corrected chi connectivity index (χ0v) is 12.5. The molecule has 0 unspecified atom stereocenters. The molecule has 0 spiro atoms. The summed E-state index contributed by atoms with van der Waals surface area (Å²) < 4.78 is 1.80. The van der Waals surface area contributed by atoms with Crippen LogP contribution in [0.25, 0.3) is 10.2 Å². The van der Waals surface area contributed by atoms with Crippen molar-refractivity contribution in [2.45, 2.75) is 6.92 Å². The molecular formula is C14H12ClN3OS. The number of carbonyl (C=O) groups excluding carboxylic acids is 1. The standard InChI is InChI=1S/C14H12ClN3OS/c1-8-11-7-12(20-14(11)18(2)17-8)13(19)16-10-5-3-9(15)4-6-10/h3-7H,1-2H3,(H,16,19). The summed E-state index contributed by atoms with van der Waals surface area (Å²) in [5.74, 6) is -0.118. The Labute approximate surface area is 125 Å². The van der Waals surface area contributed by atoms with Crippen molar-refractivity contribution < 1.29 is 4.79 Å². The van der Waals surface area contributed by atoms with E-state index in [9.17, 15) is 4.79 Å². The lowest BCUT2D eigenvalue weighted by atomic mass is 10.3. The molecule has 3 aromatic rings. The van der Waals surface area contributed by atoms with Crippen molar-refractivity contribution in [3.8, 4) is 0 Å². The number of nitrogens with zero attached hydrogens (tertiary/aromatic N) is 2. The van der Waals surface area contributed by atoms with Gasteiger partial charge in [-0.3, -0.25) is 9.48 Å². The van der Waals surface area contributed by atoms with E-state index in [-0.39, 0.29) is 5.91 Å². The highest BCUT2D eigenvalue weighted by molar-refractivity contribution is 7.20. The van der Waals surface area contributed by atoms with Gasteiger partial charge in [-0.25, -0.2) is 0 Å². The van der Waals surface area contributed by atoms with Crippen LogP contribution in [0.15, 0.2) is 30.3 Å². The van der Waals surface area contributed by atoms with Crippen molar-refractivity contribution >= 4 is 44.7 Å². The van der Waals surface area contributed by atoms with Crippen molar-refractivity contribution in [2.24, 2.45) is 7.05 Å². The normalized spacial score (nSPS) is 10.9. The third-order valence-corrected chi connectivity index (χ3v) is 4.47. The van der Waals surface area contributed by atoms with Crippen molar-refractivity contribution in [3.63, 3.8) is 0 Å². The van der Waals surface area contributed by atoms with Gasteiger partial charge >= 0.3 is 0 Å². The molecule has 0 atom stereocenters. The van der Waals surface area contributed by atoms with E-state index in [0.717, 1.165) is 21.6 Å². The fraction of sp³-hybridized carbons (Fsp3) is 0.143. The van der Waals surface area contributed by atoms with E-state index in [0.29, 0.717) is 9.90 Å². The first-order valence-corrected chi connectivity index (χ1v) is 7.24. The second kappa shape index (κ2) is 4.92. The van der Waals surface area contributed by atoms with Gasteiger partial charge in [0.2, 0.25) is 0 Å². The minimum absolute atomic E-state index is 0.118. The number of benzene rings is 1. The molecule has 0 aliphatic rings. The predicted molar refractivity (Wildman–Crippen MR) is 82.7 cm³/mol. The second-order valence-electron chi connectivity index (χ2n) is 4.50. The number of hydrogen-bond donors (Lipinski definition) is 1. The quantitative estimate of drug-likeness (QED) is 0.781. The summed E-state index contributed by atoms with van der Waals surface area (Å²) in [7, 11) is 1.88. The lowest BCUT2D eigenvalue weighted by molar-refractivity contribution is 0.103. The minimum atomic E-state index is -0.118. The Morgan fingerprint density at radius 2 is 2.05 bits per heavy atom. The third-order valence-electron chi connectivity index (χ3n) is 3.02. The van der Waals surface area contributed by atoms with Gasteiger partial charge < -0.3 is 5.32 Å². The number of hydrogen-bond acceptors (Lipinski definition) is 3. The van der Waals surface area contributed by atoms with E-state index in [1.165, 1.54) is 11.3 Å². The third kappa shape index (κ3) is 2.30. The maximum atomic E-state index is 12.2. The predicted octanol–water partition coefficient (Wildman–Crippen LogP) is 3.85. The molecule has 1 aromatic carbocycles. The number of amides is 1. The van der Waals surface area contributed by atoms with Crippen LogP contribution in [-0.4, -0.2) is 15.7 Å². The van der Waals surface area contributed by atoms with Gasteiger partial charge in [0.15, 0.2) is 0 Å². The maximum absolute atomic E-state index is 12.2. The molecule has 0 fully saturated rings. The molecule has 6 heteroatoms. The van der Waals surface area contributed by atoms with E-state index in [4.69, 9.17) is 11.6 Å². The van der Waals surface area contributed by atoms with Crippen molar-refractivity contribution in [1.82, 2.24) is 9.78 Å². The Kier molecular flexibility index (Phi) is 3.23. The molecule has 102 valence electrons. The molecule has 0 radical (unpaired) electrons.